The van der Waals surface area contributed by atoms with Crippen LogP contribution in [-0.2, 0) is 4.74 Å². The summed E-state index contributed by atoms with van der Waals surface area (Å²) in [5.41, 5.74) is 2.56. The quantitative estimate of drug-likeness (QED) is 0.467. The number of rotatable bonds is 5. The normalized spacial score (nSPS) is 10.2. The Bertz CT molecular complexity index is 894. The number of hydrogen-bond acceptors (Lipinski definition) is 4. The number of esters is 1. The number of benzene rings is 2. The summed E-state index contributed by atoms with van der Waals surface area (Å²) in [5.74, 6) is -0.152. The molecule has 0 radical (unpaired) electrons. The van der Waals surface area contributed by atoms with Crippen molar-refractivity contribution in [3.63, 3.8) is 0 Å². The van der Waals surface area contributed by atoms with Crippen molar-refractivity contribution in [3.8, 4) is 11.3 Å². The minimum atomic E-state index is -0.467. The van der Waals surface area contributed by atoms with Crippen LogP contribution in [0.4, 0.5) is 11.5 Å². The first-order valence-electron chi connectivity index (χ1n) is 8.13. The van der Waals surface area contributed by atoms with Crippen molar-refractivity contribution < 1.29 is 9.53 Å². The van der Waals surface area contributed by atoms with E-state index in [2.05, 4.69) is 20.8 Å². The highest BCUT2D eigenvalue weighted by Gasteiger charge is 2.23. The van der Waals surface area contributed by atoms with Gasteiger partial charge in [0, 0.05) is 11.3 Å². The lowest BCUT2D eigenvalue weighted by Gasteiger charge is -2.10. The molecule has 0 saturated carbocycles. The number of aromatic nitrogens is 2. The van der Waals surface area contributed by atoms with Crippen LogP contribution < -0.4 is 10.6 Å². The predicted molar refractivity (Wildman–Crippen MR) is 106 cm³/mol. The molecule has 6 nitrogen and oxygen atoms in total. The minimum absolute atomic E-state index is 0.268. The molecule has 0 atom stereocenters. The first-order valence-corrected chi connectivity index (χ1v) is 8.53. The van der Waals surface area contributed by atoms with Gasteiger partial charge in [-0.25, -0.2) is 4.79 Å². The second-order valence-electron chi connectivity index (χ2n) is 5.35. The Labute approximate surface area is 156 Å². The maximum atomic E-state index is 12.5. The number of para-hydroxylation sites is 1. The van der Waals surface area contributed by atoms with E-state index < -0.39 is 5.97 Å². The molecule has 0 spiro atoms. The lowest BCUT2D eigenvalue weighted by Crippen LogP contribution is -2.21. The Morgan fingerprint density at radius 3 is 2.38 bits per heavy atom. The van der Waals surface area contributed by atoms with E-state index in [1.54, 1.807) is 6.92 Å². The molecule has 132 valence electrons. The average Bonchev–Trinajstić information content (AvgIpc) is 3.07. The standard InChI is InChI=1S/C19H18N4O2S/c1-2-25-18(24)15-16(13-9-5-3-6-10-13)22-23-17(15)21-19(26)20-14-11-7-4-8-12-14/h3-12H,2H2,1H3,(H3,20,21,22,23,26). The number of hydrogen-bond donors (Lipinski definition) is 3. The Kier molecular flexibility index (Phi) is 5.60. The van der Waals surface area contributed by atoms with E-state index in [1.807, 2.05) is 60.7 Å². The average molecular weight is 366 g/mol. The molecular formula is C19H18N4O2S. The topological polar surface area (TPSA) is 79.0 Å². The van der Waals surface area contributed by atoms with Crippen LogP contribution in [0.2, 0.25) is 0 Å². The van der Waals surface area contributed by atoms with E-state index >= 15 is 0 Å². The first-order chi connectivity index (χ1) is 12.7. The molecule has 0 aliphatic carbocycles. The van der Waals surface area contributed by atoms with Crippen molar-refractivity contribution in [2.75, 3.05) is 17.2 Å². The summed E-state index contributed by atoms with van der Waals surface area (Å²) in [6.07, 6.45) is 0. The van der Waals surface area contributed by atoms with Gasteiger partial charge in [-0.1, -0.05) is 48.5 Å². The first kappa shape index (κ1) is 17.6. The lowest BCUT2D eigenvalue weighted by atomic mass is 10.1. The van der Waals surface area contributed by atoms with Crippen LogP contribution in [0.25, 0.3) is 11.3 Å². The number of nitrogens with zero attached hydrogens (tertiary/aromatic N) is 1. The molecule has 1 aromatic heterocycles. The lowest BCUT2D eigenvalue weighted by molar-refractivity contribution is 0.0528. The second kappa shape index (κ2) is 8.26. The maximum Gasteiger partial charge on any atom is 0.344 e. The fraction of sp³-hybridized carbons (Fsp3) is 0.105. The predicted octanol–water partition coefficient (Wildman–Crippen LogP) is 4.06. The van der Waals surface area contributed by atoms with E-state index in [9.17, 15) is 4.79 Å². The third-order valence-electron chi connectivity index (χ3n) is 3.57. The molecule has 2 aromatic carbocycles. The fourth-order valence-electron chi connectivity index (χ4n) is 2.44. The molecule has 1 heterocycles. The number of aromatic amines is 1. The number of ether oxygens (including phenoxy) is 1. The number of carbonyl (C=O) groups excluding carboxylic acids is 1. The summed E-state index contributed by atoms with van der Waals surface area (Å²) in [6, 6.07) is 19.0. The van der Waals surface area contributed by atoms with E-state index in [0.717, 1.165) is 11.3 Å². The third kappa shape index (κ3) is 4.07. The van der Waals surface area contributed by atoms with E-state index in [4.69, 9.17) is 17.0 Å². The number of nitrogens with one attached hydrogen (secondary N) is 3. The van der Waals surface area contributed by atoms with Gasteiger partial charge in [-0.3, -0.25) is 5.10 Å². The zero-order valence-electron chi connectivity index (χ0n) is 14.2. The van der Waals surface area contributed by atoms with E-state index in [0.29, 0.717) is 22.2 Å². The Morgan fingerprint density at radius 1 is 1.08 bits per heavy atom. The third-order valence-corrected chi connectivity index (χ3v) is 3.78. The highest BCUT2D eigenvalue weighted by Crippen LogP contribution is 2.27. The van der Waals surface area contributed by atoms with Gasteiger partial charge in [0.2, 0.25) is 0 Å². The zero-order chi connectivity index (χ0) is 18.4. The van der Waals surface area contributed by atoms with Gasteiger partial charge >= 0.3 is 5.97 Å². The van der Waals surface area contributed by atoms with E-state index in [-0.39, 0.29) is 6.61 Å². The molecule has 0 saturated heterocycles. The molecule has 0 aliphatic rings. The minimum Gasteiger partial charge on any atom is -0.462 e. The van der Waals surface area contributed by atoms with Crippen molar-refractivity contribution in [2.24, 2.45) is 0 Å². The smallest absolute Gasteiger partial charge is 0.344 e. The molecule has 3 N–H and O–H groups in total. The Balaban J connectivity index is 1.88. The van der Waals surface area contributed by atoms with Gasteiger partial charge in [0.1, 0.15) is 5.56 Å². The van der Waals surface area contributed by atoms with Gasteiger partial charge < -0.3 is 15.4 Å². The van der Waals surface area contributed by atoms with Gasteiger partial charge in [0.25, 0.3) is 0 Å². The van der Waals surface area contributed by atoms with Gasteiger partial charge in [0.05, 0.1) is 12.3 Å². The molecule has 0 amide bonds. The van der Waals surface area contributed by atoms with Crippen LogP contribution in [0, 0.1) is 0 Å². The van der Waals surface area contributed by atoms with Crippen LogP contribution in [0.15, 0.2) is 60.7 Å². The number of anilines is 2. The van der Waals surface area contributed by atoms with Gasteiger partial charge in [-0.15, -0.1) is 0 Å². The zero-order valence-corrected chi connectivity index (χ0v) is 15.0. The molecule has 0 bridgehead atoms. The Morgan fingerprint density at radius 2 is 1.73 bits per heavy atom. The molecule has 7 heteroatoms. The number of thiocarbonyl (C=S) groups is 1. The molecule has 3 aromatic rings. The monoisotopic (exact) mass is 366 g/mol. The highest BCUT2D eigenvalue weighted by molar-refractivity contribution is 7.80. The molecule has 0 fully saturated rings. The summed E-state index contributed by atoms with van der Waals surface area (Å²) >= 11 is 5.33. The number of carbonyl (C=O) groups is 1. The van der Waals surface area contributed by atoms with Crippen molar-refractivity contribution >= 4 is 34.8 Å². The summed E-state index contributed by atoms with van der Waals surface area (Å²) in [5, 5.41) is 13.5. The van der Waals surface area contributed by atoms with Crippen LogP contribution >= 0.6 is 12.2 Å². The number of H-pyrrole nitrogens is 1. The van der Waals surface area contributed by atoms with Crippen molar-refractivity contribution in [2.45, 2.75) is 6.92 Å². The fourth-order valence-corrected chi connectivity index (χ4v) is 2.65. The van der Waals surface area contributed by atoms with Crippen LogP contribution in [-0.4, -0.2) is 27.9 Å². The molecule has 3 rings (SSSR count). The summed E-state index contributed by atoms with van der Waals surface area (Å²) in [7, 11) is 0. The molecule has 0 aliphatic heterocycles. The molecule has 0 unspecified atom stereocenters. The van der Waals surface area contributed by atoms with Crippen LogP contribution in [0.3, 0.4) is 0 Å². The van der Waals surface area contributed by atoms with Crippen LogP contribution in [0.1, 0.15) is 17.3 Å². The largest absolute Gasteiger partial charge is 0.462 e. The van der Waals surface area contributed by atoms with Crippen LogP contribution in [0.5, 0.6) is 0 Å². The SMILES string of the molecule is CCOC(=O)c1c(NC(=S)Nc2ccccc2)n[nH]c1-c1ccccc1. The summed E-state index contributed by atoms with van der Waals surface area (Å²) < 4.78 is 5.19. The molecule has 26 heavy (non-hydrogen) atoms. The van der Waals surface area contributed by atoms with Gasteiger partial charge in [0.15, 0.2) is 10.9 Å². The van der Waals surface area contributed by atoms with Crippen molar-refractivity contribution in [1.29, 1.82) is 0 Å². The van der Waals surface area contributed by atoms with Gasteiger partial charge in [-0.05, 0) is 31.3 Å². The summed E-state index contributed by atoms with van der Waals surface area (Å²) in [4.78, 5) is 12.5. The maximum absolute atomic E-state index is 12.5. The van der Waals surface area contributed by atoms with Gasteiger partial charge in [-0.2, -0.15) is 5.10 Å². The highest BCUT2D eigenvalue weighted by atomic mass is 32.1. The summed E-state index contributed by atoms with van der Waals surface area (Å²) in [6.45, 7) is 2.03. The second-order valence-corrected chi connectivity index (χ2v) is 5.76. The molecular weight excluding hydrogens is 348 g/mol. The van der Waals surface area contributed by atoms with E-state index in [1.165, 1.54) is 0 Å². The van der Waals surface area contributed by atoms with Crippen molar-refractivity contribution in [1.82, 2.24) is 10.2 Å². The Hall–Kier alpha value is -3.19. The van der Waals surface area contributed by atoms with Crippen molar-refractivity contribution in [3.05, 3.63) is 66.2 Å².